The molecule has 0 bridgehead atoms. The summed E-state index contributed by atoms with van der Waals surface area (Å²) in [5.74, 6) is -0.362. The van der Waals surface area contributed by atoms with Gasteiger partial charge in [0.25, 0.3) is 0 Å². The van der Waals surface area contributed by atoms with Crippen LogP contribution in [-0.4, -0.2) is 37.8 Å². The summed E-state index contributed by atoms with van der Waals surface area (Å²) in [6.45, 7) is 0.456. The number of carbonyl (C=O) groups is 1. The second-order valence-corrected chi connectivity index (χ2v) is 9.02. The first-order chi connectivity index (χ1) is 17.6. The van der Waals surface area contributed by atoms with Gasteiger partial charge in [0.15, 0.2) is 0 Å². The van der Waals surface area contributed by atoms with Crippen LogP contribution in [0.1, 0.15) is 22.3 Å². The molecular weight excluding hydrogens is 550 g/mol. The lowest BCUT2D eigenvalue weighted by Gasteiger charge is -2.24. The predicted octanol–water partition coefficient (Wildman–Crippen LogP) is 6.57. The molecule has 0 fully saturated rings. The molecule has 0 aliphatic carbocycles. The third-order valence-electron chi connectivity index (χ3n) is 6.13. The molecular formula is C29H30Cl2F3N3O2. The molecule has 1 aliphatic heterocycles. The number of hydrogen-bond acceptors (Lipinski definition) is 4. The molecule has 39 heavy (non-hydrogen) atoms. The number of amides is 1. The second kappa shape index (κ2) is 13.6. The summed E-state index contributed by atoms with van der Waals surface area (Å²) in [6.07, 6.45) is 0.127. The molecule has 0 saturated heterocycles. The molecule has 1 heterocycles. The molecule has 0 aromatic heterocycles. The summed E-state index contributed by atoms with van der Waals surface area (Å²) in [5, 5.41) is 16.0. The number of aliphatic hydroxyl groups excluding tert-OH is 1. The lowest BCUT2D eigenvalue weighted by molar-refractivity contribution is -0.137. The first-order valence-corrected chi connectivity index (χ1v) is 11.8. The lowest BCUT2D eigenvalue weighted by Crippen LogP contribution is -2.28. The van der Waals surface area contributed by atoms with Crippen LogP contribution in [-0.2, 0) is 17.4 Å². The molecule has 1 aliphatic rings. The summed E-state index contributed by atoms with van der Waals surface area (Å²) in [5.41, 5.74) is 4.65. The fourth-order valence-corrected chi connectivity index (χ4v) is 4.17. The van der Waals surface area contributed by atoms with Crippen molar-refractivity contribution in [1.29, 1.82) is 0 Å². The molecule has 0 saturated carbocycles. The minimum atomic E-state index is -4.42. The van der Waals surface area contributed by atoms with Crippen molar-refractivity contribution in [2.45, 2.75) is 18.7 Å². The number of rotatable bonds is 6. The molecule has 3 aromatic rings. The van der Waals surface area contributed by atoms with Gasteiger partial charge in [0.2, 0.25) is 5.91 Å². The number of alkyl halides is 3. The van der Waals surface area contributed by atoms with E-state index in [1.54, 1.807) is 18.2 Å². The van der Waals surface area contributed by atoms with Crippen molar-refractivity contribution in [2.75, 3.05) is 36.2 Å². The topological polar surface area (TPSA) is 64.6 Å². The SMILES string of the molecule is CN(C)c1ccc(/C(=C/C=C/C(=O)Nc2cccc3c2CC(O)CN3)c2ccc(C(F)(F)F)cc2)cc1.Cl.Cl. The Hall–Kier alpha value is -3.46. The van der Waals surface area contributed by atoms with Crippen LogP contribution in [0.4, 0.5) is 30.2 Å². The molecule has 4 rings (SSSR count). The Labute approximate surface area is 238 Å². The molecule has 10 heteroatoms. The highest BCUT2D eigenvalue weighted by Gasteiger charge is 2.30. The van der Waals surface area contributed by atoms with E-state index >= 15 is 0 Å². The van der Waals surface area contributed by atoms with Crippen molar-refractivity contribution in [2.24, 2.45) is 0 Å². The highest BCUT2D eigenvalue weighted by molar-refractivity contribution is 6.01. The molecule has 3 N–H and O–H groups in total. The Bertz CT molecular complexity index is 1320. The quantitative estimate of drug-likeness (QED) is 0.228. The predicted molar refractivity (Wildman–Crippen MR) is 156 cm³/mol. The van der Waals surface area contributed by atoms with Crippen LogP contribution in [0.3, 0.4) is 0 Å². The summed E-state index contributed by atoms with van der Waals surface area (Å²) in [6, 6.07) is 18.1. The Balaban J connectivity index is 0.00000267. The highest BCUT2D eigenvalue weighted by atomic mass is 35.5. The maximum atomic E-state index is 13.1. The van der Waals surface area contributed by atoms with E-state index < -0.39 is 17.8 Å². The molecule has 0 radical (unpaired) electrons. The van der Waals surface area contributed by atoms with Crippen molar-refractivity contribution in [1.82, 2.24) is 0 Å². The van der Waals surface area contributed by atoms with Crippen LogP contribution in [0.2, 0.25) is 0 Å². The van der Waals surface area contributed by atoms with Gasteiger partial charge in [-0.05, 0) is 53.1 Å². The third kappa shape index (κ3) is 8.02. The number of fused-ring (bicyclic) bond motifs is 1. The largest absolute Gasteiger partial charge is 0.416 e. The van der Waals surface area contributed by atoms with E-state index in [-0.39, 0.29) is 30.7 Å². The van der Waals surface area contributed by atoms with Gasteiger partial charge in [-0.25, -0.2) is 0 Å². The summed E-state index contributed by atoms with van der Waals surface area (Å²) < 4.78 is 39.2. The molecule has 1 unspecified atom stereocenters. The number of hydrogen-bond donors (Lipinski definition) is 3. The van der Waals surface area contributed by atoms with E-state index in [4.69, 9.17) is 0 Å². The fraction of sp³-hybridized carbons (Fsp3) is 0.207. The van der Waals surface area contributed by atoms with Crippen LogP contribution < -0.4 is 15.5 Å². The number of carbonyl (C=O) groups excluding carboxylic acids is 1. The molecule has 5 nitrogen and oxygen atoms in total. The van der Waals surface area contributed by atoms with E-state index in [1.807, 2.05) is 55.4 Å². The molecule has 1 atom stereocenters. The Morgan fingerprint density at radius 2 is 1.62 bits per heavy atom. The number of nitrogens with one attached hydrogen (secondary N) is 2. The van der Waals surface area contributed by atoms with Gasteiger partial charge in [-0.2, -0.15) is 13.2 Å². The maximum absolute atomic E-state index is 13.1. The maximum Gasteiger partial charge on any atom is 0.416 e. The number of allylic oxidation sites excluding steroid dienone is 2. The zero-order valence-electron chi connectivity index (χ0n) is 21.3. The van der Waals surface area contributed by atoms with Gasteiger partial charge < -0.3 is 20.6 Å². The van der Waals surface area contributed by atoms with Crippen molar-refractivity contribution in [3.05, 3.63) is 107 Å². The standard InChI is InChI=1S/C29H28F3N3O2.2ClH/c1-35(2)22-15-11-20(12-16-22)24(19-9-13-21(14-10-19)29(30,31)32)5-3-8-28(37)34-27-7-4-6-26-25(27)17-23(36)18-33-26;;/h3-16,23,33,36H,17-18H2,1-2H3,(H,34,37);2*1H/b8-3+,24-5+;;. The van der Waals surface area contributed by atoms with Gasteiger partial charge in [-0.1, -0.05) is 42.5 Å². The summed E-state index contributed by atoms with van der Waals surface area (Å²) in [7, 11) is 3.84. The van der Waals surface area contributed by atoms with E-state index in [1.165, 1.54) is 18.2 Å². The van der Waals surface area contributed by atoms with Crippen LogP contribution >= 0.6 is 24.8 Å². The Morgan fingerprint density at radius 3 is 2.21 bits per heavy atom. The van der Waals surface area contributed by atoms with Crippen molar-refractivity contribution < 1.29 is 23.1 Å². The van der Waals surface area contributed by atoms with Crippen molar-refractivity contribution in [3.63, 3.8) is 0 Å². The van der Waals surface area contributed by atoms with Crippen molar-refractivity contribution >= 4 is 53.4 Å². The first-order valence-electron chi connectivity index (χ1n) is 11.8. The first kappa shape index (κ1) is 31.8. The lowest BCUT2D eigenvalue weighted by atomic mass is 9.96. The van der Waals surface area contributed by atoms with Crippen LogP contribution in [0, 0.1) is 0 Å². The number of nitrogens with zero attached hydrogens (tertiary/aromatic N) is 1. The van der Waals surface area contributed by atoms with Gasteiger partial charge in [0.05, 0.1) is 11.7 Å². The van der Waals surface area contributed by atoms with Crippen LogP contribution in [0.25, 0.3) is 5.57 Å². The number of β-amino-alcohol motifs (C(OH)–C–C–N with tert-alkyl or cyclic N) is 1. The monoisotopic (exact) mass is 579 g/mol. The van der Waals surface area contributed by atoms with Gasteiger partial charge >= 0.3 is 6.18 Å². The van der Waals surface area contributed by atoms with Crippen LogP contribution in [0.5, 0.6) is 0 Å². The van der Waals surface area contributed by atoms with Gasteiger partial charge in [0.1, 0.15) is 0 Å². The number of aliphatic hydroxyl groups is 1. The third-order valence-corrected chi connectivity index (χ3v) is 6.13. The zero-order valence-corrected chi connectivity index (χ0v) is 23.0. The van der Waals surface area contributed by atoms with E-state index in [9.17, 15) is 23.1 Å². The van der Waals surface area contributed by atoms with Gasteiger partial charge in [0, 0.05) is 55.8 Å². The Kier molecular flexibility index (Phi) is 11.0. The minimum Gasteiger partial charge on any atom is -0.391 e. The fourth-order valence-electron chi connectivity index (χ4n) is 4.17. The minimum absolute atomic E-state index is 0. The molecule has 3 aromatic carbocycles. The molecule has 0 spiro atoms. The average Bonchev–Trinajstić information content (AvgIpc) is 2.87. The van der Waals surface area contributed by atoms with E-state index in [0.29, 0.717) is 29.8 Å². The van der Waals surface area contributed by atoms with E-state index in [0.717, 1.165) is 34.6 Å². The van der Waals surface area contributed by atoms with Crippen molar-refractivity contribution in [3.8, 4) is 0 Å². The molecule has 208 valence electrons. The van der Waals surface area contributed by atoms with E-state index in [2.05, 4.69) is 10.6 Å². The summed E-state index contributed by atoms with van der Waals surface area (Å²) in [4.78, 5) is 14.6. The van der Waals surface area contributed by atoms with Crippen LogP contribution in [0.15, 0.2) is 85.0 Å². The Morgan fingerprint density at radius 1 is 1.00 bits per heavy atom. The normalized spacial score (nSPS) is 14.9. The smallest absolute Gasteiger partial charge is 0.391 e. The second-order valence-electron chi connectivity index (χ2n) is 9.02. The number of anilines is 3. The molecule has 1 amide bonds. The number of halogens is 5. The zero-order chi connectivity index (χ0) is 26.6. The summed E-state index contributed by atoms with van der Waals surface area (Å²) >= 11 is 0. The van der Waals surface area contributed by atoms with Gasteiger partial charge in [-0.15, -0.1) is 24.8 Å². The average molecular weight is 580 g/mol. The number of benzene rings is 3. The van der Waals surface area contributed by atoms with Gasteiger partial charge in [-0.3, -0.25) is 4.79 Å². The highest BCUT2D eigenvalue weighted by Crippen LogP contribution is 2.32.